The SMILES string of the molecule is CC=C[C@H]1CC[C@H](CCC=C[C@H]2CC[C@H](CC)CC2)CC1. The summed E-state index contributed by atoms with van der Waals surface area (Å²) in [6.07, 6.45) is 25.5. The van der Waals surface area contributed by atoms with Gasteiger partial charge in [0.15, 0.2) is 0 Å². The van der Waals surface area contributed by atoms with Crippen LogP contribution in [0.2, 0.25) is 0 Å². The highest BCUT2D eigenvalue weighted by Gasteiger charge is 2.19. The van der Waals surface area contributed by atoms with E-state index in [1.165, 1.54) is 70.6 Å². The van der Waals surface area contributed by atoms with Gasteiger partial charge in [-0.25, -0.2) is 0 Å². The second kappa shape index (κ2) is 9.49. The maximum Gasteiger partial charge on any atom is -0.0233 e. The van der Waals surface area contributed by atoms with Crippen molar-refractivity contribution >= 4 is 0 Å². The van der Waals surface area contributed by atoms with Crippen LogP contribution in [0.4, 0.5) is 0 Å². The Balaban J connectivity index is 1.56. The minimum Gasteiger partial charge on any atom is -0.0914 e. The molecule has 0 aromatic rings. The van der Waals surface area contributed by atoms with Gasteiger partial charge in [0.25, 0.3) is 0 Å². The van der Waals surface area contributed by atoms with E-state index in [9.17, 15) is 0 Å². The van der Waals surface area contributed by atoms with E-state index in [1.54, 1.807) is 0 Å². The van der Waals surface area contributed by atoms with Crippen molar-refractivity contribution in [3.63, 3.8) is 0 Å². The summed E-state index contributed by atoms with van der Waals surface area (Å²) in [5, 5.41) is 0. The summed E-state index contributed by atoms with van der Waals surface area (Å²) >= 11 is 0. The zero-order chi connectivity index (χ0) is 14.9. The van der Waals surface area contributed by atoms with E-state index < -0.39 is 0 Å². The molecule has 2 aliphatic rings. The Kier molecular flexibility index (Phi) is 7.61. The molecule has 0 aromatic heterocycles. The number of hydrogen-bond acceptors (Lipinski definition) is 0. The van der Waals surface area contributed by atoms with Crippen molar-refractivity contribution in [3.8, 4) is 0 Å². The maximum atomic E-state index is 2.55. The van der Waals surface area contributed by atoms with Crippen molar-refractivity contribution < 1.29 is 0 Å². The molecule has 0 heterocycles. The second-order valence-corrected chi connectivity index (χ2v) is 7.50. The van der Waals surface area contributed by atoms with Crippen LogP contribution in [0.25, 0.3) is 0 Å². The van der Waals surface area contributed by atoms with Crippen LogP contribution < -0.4 is 0 Å². The molecule has 0 spiro atoms. The van der Waals surface area contributed by atoms with E-state index in [0.29, 0.717) is 0 Å². The van der Waals surface area contributed by atoms with Gasteiger partial charge in [0.1, 0.15) is 0 Å². The third kappa shape index (κ3) is 6.01. The highest BCUT2D eigenvalue weighted by molar-refractivity contribution is 4.92. The molecule has 2 aliphatic carbocycles. The Morgan fingerprint density at radius 3 is 1.90 bits per heavy atom. The van der Waals surface area contributed by atoms with Crippen LogP contribution in [-0.2, 0) is 0 Å². The Bertz CT molecular complexity index is 309. The average molecular weight is 289 g/mol. The molecule has 2 fully saturated rings. The fourth-order valence-corrected chi connectivity index (χ4v) is 4.35. The smallest absolute Gasteiger partial charge is 0.0233 e. The quantitative estimate of drug-likeness (QED) is 0.465. The molecule has 2 saturated carbocycles. The molecule has 120 valence electrons. The first-order chi connectivity index (χ1) is 10.3. The molecular weight excluding hydrogens is 252 g/mol. The van der Waals surface area contributed by atoms with Gasteiger partial charge in [-0.05, 0) is 94.8 Å². The zero-order valence-electron chi connectivity index (χ0n) is 14.4. The third-order valence-electron chi connectivity index (χ3n) is 5.97. The summed E-state index contributed by atoms with van der Waals surface area (Å²) in [6.45, 7) is 4.51. The van der Waals surface area contributed by atoms with Gasteiger partial charge in [0.2, 0.25) is 0 Å². The Hall–Kier alpha value is -0.520. The van der Waals surface area contributed by atoms with E-state index in [0.717, 1.165) is 23.7 Å². The molecule has 0 nitrogen and oxygen atoms in total. The monoisotopic (exact) mass is 288 g/mol. The lowest BCUT2D eigenvalue weighted by atomic mass is 9.79. The Morgan fingerprint density at radius 1 is 0.762 bits per heavy atom. The Morgan fingerprint density at radius 2 is 1.33 bits per heavy atom. The minimum atomic E-state index is 0.885. The standard InChI is InChI=1S/C21H36/c1-3-7-19-14-16-21(17-15-19)9-6-5-8-20-12-10-18(4-2)11-13-20/h3,5,7-8,18-21H,4,6,9-17H2,1-2H3/t18-,19-,20-,21-. The molecule has 0 atom stereocenters. The normalized spacial score (nSPS) is 34.8. The lowest BCUT2D eigenvalue weighted by Crippen LogP contribution is -2.13. The number of allylic oxidation sites excluding steroid dienone is 4. The van der Waals surface area contributed by atoms with E-state index >= 15 is 0 Å². The van der Waals surface area contributed by atoms with Crippen LogP contribution in [-0.4, -0.2) is 0 Å². The van der Waals surface area contributed by atoms with Crippen molar-refractivity contribution in [1.82, 2.24) is 0 Å². The topological polar surface area (TPSA) is 0 Å². The summed E-state index contributed by atoms with van der Waals surface area (Å²) in [6, 6.07) is 0. The van der Waals surface area contributed by atoms with Crippen molar-refractivity contribution in [3.05, 3.63) is 24.3 Å². The summed E-state index contributed by atoms with van der Waals surface area (Å²) in [7, 11) is 0. The molecule has 0 N–H and O–H groups in total. The van der Waals surface area contributed by atoms with Crippen molar-refractivity contribution in [2.24, 2.45) is 23.7 Å². The molecule has 0 aliphatic heterocycles. The molecule has 0 aromatic carbocycles. The summed E-state index contributed by atoms with van der Waals surface area (Å²) in [5.41, 5.74) is 0. The van der Waals surface area contributed by atoms with E-state index in [2.05, 4.69) is 38.2 Å². The second-order valence-electron chi connectivity index (χ2n) is 7.50. The van der Waals surface area contributed by atoms with Gasteiger partial charge >= 0.3 is 0 Å². The fraction of sp³-hybridized carbons (Fsp3) is 0.810. The van der Waals surface area contributed by atoms with Crippen molar-refractivity contribution in [1.29, 1.82) is 0 Å². The van der Waals surface area contributed by atoms with Crippen LogP contribution >= 0.6 is 0 Å². The van der Waals surface area contributed by atoms with Crippen molar-refractivity contribution in [2.75, 3.05) is 0 Å². The van der Waals surface area contributed by atoms with Crippen LogP contribution in [0.3, 0.4) is 0 Å². The van der Waals surface area contributed by atoms with E-state index in [4.69, 9.17) is 0 Å². The fourth-order valence-electron chi connectivity index (χ4n) is 4.35. The highest BCUT2D eigenvalue weighted by atomic mass is 14.2. The average Bonchev–Trinajstić information content (AvgIpc) is 2.54. The molecule has 0 radical (unpaired) electrons. The van der Waals surface area contributed by atoms with Crippen LogP contribution in [0.15, 0.2) is 24.3 Å². The van der Waals surface area contributed by atoms with Gasteiger partial charge in [-0.3, -0.25) is 0 Å². The van der Waals surface area contributed by atoms with Crippen molar-refractivity contribution in [2.45, 2.75) is 84.5 Å². The first-order valence-corrected chi connectivity index (χ1v) is 9.61. The third-order valence-corrected chi connectivity index (χ3v) is 5.97. The van der Waals surface area contributed by atoms with E-state index in [-0.39, 0.29) is 0 Å². The summed E-state index contributed by atoms with van der Waals surface area (Å²) < 4.78 is 0. The van der Waals surface area contributed by atoms with E-state index in [1.807, 2.05) is 0 Å². The molecule has 0 unspecified atom stereocenters. The van der Waals surface area contributed by atoms with Gasteiger partial charge in [-0.15, -0.1) is 0 Å². The van der Waals surface area contributed by atoms with Gasteiger partial charge < -0.3 is 0 Å². The minimum absolute atomic E-state index is 0.885. The van der Waals surface area contributed by atoms with Gasteiger partial charge in [0, 0.05) is 0 Å². The molecule has 0 heteroatoms. The molecule has 0 bridgehead atoms. The maximum absolute atomic E-state index is 2.55. The number of rotatable bonds is 6. The van der Waals surface area contributed by atoms with Gasteiger partial charge in [-0.2, -0.15) is 0 Å². The van der Waals surface area contributed by atoms with Crippen LogP contribution in [0.1, 0.15) is 84.5 Å². The first kappa shape index (κ1) is 16.8. The van der Waals surface area contributed by atoms with Crippen LogP contribution in [0.5, 0.6) is 0 Å². The molecule has 2 rings (SSSR count). The summed E-state index contributed by atoms with van der Waals surface area (Å²) in [5.74, 6) is 3.82. The largest absolute Gasteiger partial charge is 0.0914 e. The zero-order valence-corrected chi connectivity index (χ0v) is 14.4. The highest BCUT2D eigenvalue weighted by Crippen LogP contribution is 2.33. The molecular formula is C21H36. The predicted octanol–water partition coefficient (Wildman–Crippen LogP) is 6.92. The molecule has 21 heavy (non-hydrogen) atoms. The van der Waals surface area contributed by atoms with Gasteiger partial charge in [-0.1, -0.05) is 37.6 Å². The molecule has 0 amide bonds. The number of hydrogen-bond donors (Lipinski definition) is 0. The summed E-state index contributed by atoms with van der Waals surface area (Å²) in [4.78, 5) is 0. The predicted molar refractivity (Wildman–Crippen MR) is 94.4 cm³/mol. The lowest BCUT2D eigenvalue weighted by Gasteiger charge is -2.27. The molecule has 0 saturated heterocycles. The van der Waals surface area contributed by atoms with Gasteiger partial charge in [0.05, 0.1) is 0 Å². The Labute approximate surface area is 133 Å². The first-order valence-electron chi connectivity index (χ1n) is 9.61. The lowest BCUT2D eigenvalue weighted by molar-refractivity contribution is 0.295. The van der Waals surface area contributed by atoms with Crippen LogP contribution in [0, 0.1) is 23.7 Å².